The number of ketones is 1. The van der Waals surface area contributed by atoms with Crippen LogP contribution in [-0.4, -0.2) is 10.9 Å². The van der Waals surface area contributed by atoms with Crippen molar-refractivity contribution in [3.8, 4) is 5.75 Å². The number of halogens is 2. The fourth-order valence-electron chi connectivity index (χ4n) is 2.82. The summed E-state index contributed by atoms with van der Waals surface area (Å²) in [5, 5.41) is 9.95. The van der Waals surface area contributed by atoms with Gasteiger partial charge < -0.3 is 5.11 Å². The molecular formula is C16H12Cl2O2. The number of hydrogen-bond acceptors (Lipinski definition) is 2. The van der Waals surface area contributed by atoms with Crippen LogP contribution in [0, 0.1) is 0 Å². The van der Waals surface area contributed by atoms with Gasteiger partial charge in [-0.05, 0) is 30.5 Å². The van der Waals surface area contributed by atoms with Crippen molar-refractivity contribution in [2.45, 2.75) is 18.8 Å². The lowest BCUT2D eigenvalue weighted by atomic mass is 9.79. The molecule has 0 heterocycles. The first kappa shape index (κ1) is 13.5. The van der Waals surface area contributed by atoms with Gasteiger partial charge in [-0.1, -0.05) is 53.5 Å². The minimum absolute atomic E-state index is 0.0380. The lowest BCUT2D eigenvalue weighted by molar-refractivity contribution is 0.0915. The third kappa shape index (κ3) is 1.75. The second-order valence-corrected chi connectivity index (χ2v) is 6.02. The van der Waals surface area contributed by atoms with E-state index in [-0.39, 0.29) is 21.6 Å². The predicted octanol–water partition coefficient (Wildman–Crippen LogP) is 4.40. The first-order valence-electron chi connectivity index (χ1n) is 6.25. The van der Waals surface area contributed by atoms with Crippen LogP contribution in [0.5, 0.6) is 5.75 Å². The molecule has 0 saturated heterocycles. The molecule has 0 aromatic heterocycles. The van der Waals surface area contributed by atoms with Gasteiger partial charge in [-0.3, -0.25) is 4.79 Å². The Balaban J connectivity index is 2.19. The van der Waals surface area contributed by atoms with Crippen molar-refractivity contribution in [3.63, 3.8) is 0 Å². The van der Waals surface area contributed by atoms with Gasteiger partial charge in [-0.15, -0.1) is 0 Å². The number of carbonyl (C=O) groups is 1. The number of phenols is 1. The summed E-state index contributed by atoms with van der Waals surface area (Å²) in [5.41, 5.74) is 1.45. The molecule has 1 unspecified atom stereocenters. The van der Waals surface area contributed by atoms with Crippen molar-refractivity contribution >= 4 is 29.0 Å². The number of aromatic hydroxyl groups is 1. The molecule has 0 aliphatic heterocycles. The molecule has 0 radical (unpaired) electrons. The molecule has 4 heteroatoms. The van der Waals surface area contributed by atoms with Crippen molar-refractivity contribution in [2.75, 3.05) is 0 Å². The summed E-state index contributed by atoms with van der Waals surface area (Å²) in [5.74, 6) is -0.133. The van der Waals surface area contributed by atoms with Crippen LogP contribution in [0.3, 0.4) is 0 Å². The second kappa shape index (κ2) is 4.51. The van der Waals surface area contributed by atoms with Crippen LogP contribution in [0.1, 0.15) is 28.4 Å². The highest BCUT2D eigenvalue weighted by Crippen LogP contribution is 2.46. The Hall–Kier alpha value is -1.51. The predicted molar refractivity (Wildman–Crippen MR) is 80.0 cm³/mol. The molecule has 0 spiro atoms. The van der Waals surface area contributed by atoms with E-state index in [0.29, 0.717) is 12.0 Å². The molecule has 1 aliphatic rings. The van der Waals surface area contributed by atoms with Crippen LogP contribution in [0.2, 0.25) is 10.0 Å². The minimum Gasteiger partial charge on any atom is -0.506 e. The van der Waals surface area contributed by atoms with Crippen LogP contribution in [0.15, 0.2) is 36.4 Å². The summed E-state index contributed by atoms with van der Waals surface area (Å²) in [7, 11) is 0. The van der Waals surface area contributed by atoms with E-state index >= 15 is 0 Å². The van der Waals surface area contributed by atoms with E-state index in [0.717, 1.165) is 11.1 Å². The highest BCUT2D eigenvalue weighted by molar-refractivity contribution is 6.45. The highest BCUT2D eigenvalue weighted by atomic mass is 35.5. The standard InChI is InChI=1S/C16H12Cl2O2/c1-16(10-5-3-2-4-6-10)8-9-7-11(19)13(17)14(18)12(9)15(16)20/h2-7,19H,8H2,1H3. The van der Waals surface area contributed by atoms with E-state index in [2.05, 4.69) is 0 Å². The molecule has 20 heavy (non-hydrogen) atoms. The molecule has 0 saturated carbocycles. The Bertz CT molecular complexity index is 710. The fourth-order valence-corrected chi connectivity index (χ4v) is 3.28. The van der Waals surface area contributed by atoms with Gasteiger partial charge in [0.05, 0.1) is 10.4 Å². The Labute approximate surface area is 127 Å². The first-order chi connectivity index (χ1) is 9.45. The van der Waals surface area contributed by atoms with E-state index in [4.69, 9.17) is 23.2 Å². The molecule has 2 nitrogen and oxygen atoms in total. The quantitative estimate of drug-likeness (QED) is 0.848. The number of hydrogen-bond donors (Lipinski definition) is 1. The van der Waals surface area contributed by atoms with Crippen molar-refractivity contribution in [1.82, 2.24) is 0 Å². The summed E-state index contributed by atoms with van der Waals surface area (Å²) in [6, 6.07) is 11.1. The lowest BCUT2D eigenvalue weighted by Gasteiger charge is -2.22. The molecule has 0 amide bonds. The topological polar surface area (TPSA) is 37.3 Å². The second-order valence-electron chi connectivity index (χ2n) is 5.26. The monoisotopic (exact) mass is 306 g/mol. The van der Waals surface area contributed by atoms with E-state index in [1.165, 1.54) is 6.07 Å². The molecule has 3 rings (SSSR count). The number of fused-ring (bicyclic) bond motifs is 1. The normalized spacial score (nSPS) is 21.1. The van der Waals surface area contributed by atoms with E-state index in [9.17, 15) is 9.90 Å². The van der Waals surface area contributed by atoms with Crippen LogP contribution in [0.4, 0.5) is 0 Å². The smallest absolute Gasteiger partial charge is 0.175 e. The van der Waals surface area contributed by atoms with E-state index < -0.39 is 5.41 Å². The molecule has 2 aromatic rings. The fraction of sp³-hybridized carbons (Fsp3) is 0.188. The van der Waals surface area contributed by atoms with E-state index in [1.54, 1.807) is 0 Å². The van der Waals surface area contributed by atoms with E-state index in [1.807, 2.05) is 37.3 Å². The van der Waals surface area contributed by atoms with Gasteiger partial charge in [-0.25, -0.2) is 0 Å². The maximum absolute atomic E-state index is 12.8. The number of Topliss-reactive ketones (excluding diaryl/α,β-unsaturated/α-hetero) is 1. The highest BCUT2D eigenvalue weighted by Gasteiger charge is 2.44. The molecule has 1 N–H and O–H groups in total. The molecule has 0 bridgehead atoms. The maximum Gasteiger partial charge on any atom is 0.175 e. The number of benzene rings is 2. The van der Waals surface area contributed by atoms with Crippen LogP contribution < -0.4 is 0 Å². The first-order valence-corrected chi connectivity index (χ1v) is 7.01. The molecule has 102 valence electrons. The molecular weight excluding hydrogens is 295 g/mol. The van der Waals surface area contributed by atoms with Gasteiger partial charge in [0.1, 0.15) is 10.8 Å². The average Bonchev–Trinajstić information content (AvgIpc) is 2.70. The Morgan fingerprint density at radius 3 is 2.45 bits per heavy atom. The van der Waals surface area contributed by atoms with Gasteiger partial charge in [-0.2, -0.15) is 0 Å². The maximum atomic E-state index is 12.8. The van der Waals surface area contributed by atoms with Crippen LogP contribution in [-0.2, 0) is 11.8 Å². The molecule has 1 aliphatic carbocycles. The van der Waals surface area contributed by atoms with Crippen LogP contribution in [0.25, 0.3) is 0 Å². The van der Waals surface area contributed by atoms with Crippen molar-refractivity contribution in [1.29, 1.82) is 0 Å². The van der Waals surface area contributed by atoms with Crippen LogP contribution >= 0.6 is 23.2 Å². The number of phenolic OH excluding ortho intramolecular Hbond substituents is 1. The number of rotatable bonds is 1. The lowest BCUT2D eigenvalue weighted by Crippen LogP contribution is -2.29. The molecule has 0 fully saturated rings. The zero-order valence-electron chi connectivity index (χ0n) is 10.8. The Kier molecular flexibility index (Phi) is 3.03. The van der Waals surface area contributed by atoms with Gasteiger partial charge >= 0.3 is 0 Å². The summed E-state index contributed by atoms with van der Waals surface area (Å²) < 4.78 is 0. The molecule has 2 aromatic carbocycles. The minimum atomic E-state index is -0.662. The largest absolute Gasteiger partial charge is 0.506 e. The third-order valence-electron chi connectivity index (χ3n) is 3.95. The van der Waals surface area contributed by atoms with Crippen molar-refractivity contribution in [3.05, 3.63) is 63.1 Å². The molecule has 1 atom stereocenters. The Morgan fingerprint density at radius 1 is 1.15 bits per heavy atom. The summed E-state index contributed by atoms with van der Waals surface area (Å²) in [4.78, 5) is 12.8. The Morgan fingerprint density at radius 2 is 1.80 bits per heavy atom. The van der Waals surface area contributed by atoms with Crippen molar-refractivity contribution in [2.24, 2.45) is 0 Å². The van der Waals surface area contributed by atoms with Gasteiger partial charge in [0, 0.05) is 5.56 Å². The summed E-state index contributed by atoms with van der Waals surface area (Å²) in [6.07, 6.45) is 0.510. The summed E-state index contributed by atoms with van der Waals surface area (Å²) in [6.45, 7) is 1.89. The zero-order chi connectivity index (χ0) is 14.5. The van der Waals surface area contributed by atoms with Crippen molar-refractivity contribution < 1.29 is 9.90 Å². The van der Waals surface area contributed by atoms with Gasteiger partial charge in [0.15, 0.2) is 5.78 Å². The zero-order valence-corrected chi connectivity index (χ0v) is 12.3. The van der Waals surface area contributed by atoms with Gasteiger partial charge in [0.25, 0.3) is 0 Å². The SMILES string of the molecule is CC1(c2ccccc2)Cc2cc(O)c(Cl)c(Cl)c2C1=O. The number of carbonyl (C=O) groups excluding carboxylic acids is 1. The summed E-state index contributed by atoms with van der Waals surface area (Å²) >= 11 is 12.1. The average molecular weight is 307 g/mol. The third-order valence-corrected chi connectivity index (χ3v) is 4.81. The van der Waals surface area contributed by atoms with Gasteiger partial charge in [0.2, 0.25) is 0 Å².